The van der Waals surface area contributed by atoms with Gasteiger partial charge in [-0.25, -0.2) is 14.5 Å². The van der Waals surface area contributed by atoms with Crippen molar-refractivity contribution in [1.82, 2.24) is 19.6 Å². The van der Waals surface area contributed by atoms with Crippen LogP contribution in [0.5, 0.6) is 0 Å². The molecule has 4 aromatic rings. The Bertz CT molecular complexity index is 988. The van der Waals surface area contributed by atoms with Crippen LogP contribution < -0.4 is 4.90 Å². The lowest BCUT2D eigenvalue weighted by Crippen LogP contribution is -3.10. The van der Waals surface area contributed by atoms with Crippen LogP contribution in [0.2, 0.25) is 0 Å². The van der Waals surface area contributed by atoms with E-state index in [1.807, 2.05) is 11.3 Å². The SMILES string of the molecule is c1ccc(C[NH+]2CCc3c(sc4ncn5ncnc5c34)C2)cc1. The lowest BCUT2D eigenvalue weighted by atomic mass is 10.0. The number of hydrogen-bond acceptors (Lipinski definition) is 4. The molecule has 23 heavy (non-hydrogen) atoms. The third kappa shape index (κ3) is 2.14. The molecule has 0 bridgehead atoms. The van der Waals surface area contributed by atoms with Crippen LogP contribution >= 0.6 is 11.3 Å². The Hall–Kier alpha value is -2.31. The Morgan fingerprint density at radius 3 is 3.00 bits per heavy atom. The molecule has 4 heterocycles. The van der Waals surface area contributed by atoms with Crippen molar-refractivity contribution in [2.75, 3.05) is 6.54 Å². The fourth-order valence-corrected chi connectivity index (χ4v) is 4.75. The standard InChI is InChI=1S/C17H15N5S/c1-2-4-12(5-3-1)8-21-7-6-13-14(9-21)23-17-15(13)16-18-10-20-22(16)11-19-17/h1-5,10-11H,6-9H2/p+1. The van der Waals surface area contributed by atoms with Crippen molar-refractivity contribution in [2.45, 2.75) is 19.5 Å². The second-order valence-electron chi connectivity index (χ2n) is 6.05. The molecule has 1 aliphatic heterocycles. The van der Waals surface area contributed by atoms with Crippen LogP contribution in [0.4, 0.5) is 0 Å². The summed E-state index contributed by atoms with van der Waals surface area (Å²) in [7, 11) is 0. The fourth-order valence-electron chi connectivity index (χ4n) is 3.50. The fraction of sp³-hybridized carbons (Fsp3) is 0.235. The van der Waals surface area contributed by atoms with Gasteiger partial charge < -0.3 is 4.90 Å². The van der Waals surface area contributed by atoms with E-state index < -0.39 is 0 Å². The highest BCUT2D eigenvalue weighted by Gasteiger charge is 2.26. The van der Waals surface area contributed by atoms with Gasteiger partial charge in [0.15, 0.2) is 5.65 Å². The van der Waals surface area contributed by atoms with Crippen molar-refractivity contribution in [3.05, 3.63) is 59.0 Å². The molecule has 1 unspecified atom stereocenters. The Labute approximate surface area is 137 Å². The van der Waals surface area contributed by atoms with Gasteiger partial charge in [-0.05, 0) is 5.56 Å². The maximum Gasteiger partial charge on any atom is 0.167 e. The van der Waals surface area contributed by atoms with Gasteiger partial charge in [0.2, 0.25) is 0 Å². The van der Waals surface area contributed by atoms with Gasteiger partial charge in [-0.15, -0.1) is 11.3 Å². The lowest BCUT2D eigenvalue weighted by molar-refractivity contribution is -0.929. The van der Waals surface area contributed by atoms with Crippen molar-refractivity contribution in [3.8, 4) is 0 Å². The zero-order chi connectivity index (χ0) is 15.2. The average Bonchev–Trinajstić information content (AvgIpc) is 3.18. The molecule has 1 atom stereocenters. The van der Waals surface area contributed by atoms with Crippen LogP contribution in [0.3, 0.4) is 0 Å². The summed E-state index contributed by atoms with van der Waals surface area (Å²) >= 11 is 1.82. The largest absolute Gasteiger partial charge is 0.326 e. The summed E-state index contributed by atoms with van der Waals surface area (Å²) < 4.78 is 1.78. The van der Waals surface area contributed by atoms with Gasteiger partial charge in [-0.1, -0.05) is 30.3 Å². The zero-order valence-corrected chi connectivity index (χ0v) is 13.4. The summed E-state index contributed by atoms with van der Waals surface area (Å²) in [6.07, 6.45) is 4.46. The van der Waals surface area contributed by atoms with Crippen LogP contribution in [-0.2, 0) is 19.5 Å². The molecular weight excluding hydrogens is 306 g/mol. The number of rotatable bonds is 2. The Morgan fingerprint density at radius 2 is 2.09 bits per heavy atom. The third-order valence-corrected chi connectivity index (χ3v) is 5.73. The number of nitrogens with zero attached hydrogens (tertiary/aromatic N) is 4. The van der Waals surface area contributed by atoms with Gasteiger partial charge in [0, 0.05) is 12.0 Å². The summed E-state index contributed by atoms with van der Waals surface area (Å²) in [5.41, 5.74) is 3.79. The minimum Gasteiger partial charge on any atom is -0.326 e. The zero-order valence-electron chi connectivity index (χ0n) is 12.6. The number of hydrogen-bond donors (Lipinski definition) is 1. The van der Waals surface area contributed by atoms with E-state index in [2.05, 4.69) is 45.4 Å². The van der Waals surface area contributed by atoms with E-state index in [1.54, 1.807) is 22.1 Å². The second kappa shape index (κ2) is 5.11. The Morgan fingerprint density at radius 1 is 1.17 bits per heavy atom. The first-order valence-corrected chi connectivity index (χ1v) is 8.66. The molecule has 0 radical (unpaired) electrons. The van der Waals surface area contributed by atoms with Crippen molar-refractivity contribution in [2.24, 2.45) is 0 Å². The van der Waals surface area contributed by atoms with E-state index in [4.69, 9.17) is 0 Å². The van der Waals surface area contributed by atoms with Gasteiger partial charge >= 0.3 is 0 Å². The highest BCUT2D eigenvalue weighted by Crippen LogP contribution is 2.33. The molecule has 5 nitrogen and oxygen atoms in total. The van der Waals surface area contributed by atoms with Crippen LogP contribution in [0.25, 0.3) is 15.9 Å². The lowest BCUT2D eigenvalue weighted by Gasteiger charge is -2.24. The summed E-state index contributed by atoms with van der Waals surface area (Å²) in [5, 5.41) is 5.42. The molecule has 0 spiro atoms. The molecule has 0 amide bonds. The Balaban J connectivity index is 1.53. The predicted molar refractivity (Wildman–Crippen MR) is 89.5 cm³/mol. The maximum atomic E-state index is 4.57. The second-order valence-corrected chi connectivity index (χ2v) is 7.13. The molecule has 0 fully saturated rings. The van der Waals surface area contributed by atoms with E-state index in [9.17, 15) is 0 Å². The molecule has 114 valence electrons. The summed E-state index contributed by atoms with van der Waals surface area (Å²) in [4.78, 5) is 13.2. The van der Waals surface area contributed by atoms with E-state index in [-0.39, 0.29) is 0 Å². The van der Waals surface area contributed by atoms with Crippen molar-refractivity contribution in [1.29, 1.82) is 0 Å². The molecule has 1 aliphatic rings. The van der Waals surface area contributed by atoms with Crippen LogP contribution in [-0.4, -0.2) is 26.1 Å². The summed E-state index contributed by atoms with van der Waals surface area (Å²) in [6.45, 7) is 3.32. The summed E-state index contributed by atoms with van der Waals surface area (Å²) in [6, 6.07) is 10.8. The Kier molecular flexibility index (Phi) is 2.92. The highest BCUT2D eigenvalue weighted by atomic mass is 32.1. The van der Waals surface area contributed by atoms with Gasteiger partial charge in [-0.2, -0.15) is 5.10 Å². The van der Waals surface area contributed by atoms with Gasteiger partial charge in [-0.3, -0.25) is 0 Å². The van der Waals surface area contributed by atoms with Crippen LogP contribution in [0.1, 0.15) is 16.0 Å². The molecule has 0 saturated heterocycles. The van der Waals surface area contributed by atoms with E-state index in [0.29, 0.717) is 0 Å². The third-order valence-electron chi connectivity index (χ3n) is 4.59. The van der Waals surface area contributed by atoms with Crippen molar-refractivity contribution in [3.63, 3.8) is 0 Å². The van der Waals surface area contributed by atoms with Gasteiger partial charge in [0.05, 0.1) is 16.8 Å². The van der Waals surface area contributed by atoms with E-state index >= 15 is 0 Å². The van der Waals surface area contributed by atoms with E-state index in [0.717, 1.165) is 36.5 Å². The van der Waals surface area contributed by atoms with Crippen LogP contribution in [0, 0.1) is 0 Å². The minimum atomic E-state index is 0.944. The first-order valence-electron chi connectivity index (χ1n) is 7.84. The topological polar surface area (TPSA) is 47.5 Å². The number of quaternary nitrogens is 1. The molecule has 1 aromatic carbocycles. The molecule has 3 aromatic heterocycles. The van der Waals surface area contributed by atoms with Gasteiger partial charge in [0.1, 0.15) is 30.6 Å². The monoisotopic (exact) mass is 322 g/mol. The first kappa shape index (κ1) is 13.2. The smallest absolute Gasteiger partial charge is 0.167 e. The molecule has 6 heteroatoms. The summed E-state index contributed by atoms with van der Waals surface area (Å²) in [5.74, 6) is 0. The normalized spacial score (nSPS) is 17.7. The predicted octanol–water partition coefficient (Wildman–Crippen LogP) is 1.48. The van der Waals surface area contributed by atoms with E-state index in [1.165, 1.54) is 21.4 Å². The molecule has 0 saturated carbocycles. The van der Waals surface area contributed by atoms with Crippen molar-refractivity contribution >= 4 is 27.2 Å². The number of nitrogens with one attached hydrogen (secondary N) is 1. The molecule has 0 aliphatic carbocycles. The quantitative estimate of drug-likeness (QED) is 0.608. The minimum absolute atomic E-state index is 0.944. The number of aromatic nitrogens is 4. The molecule has 1 N–H and O–H groups in total. The molecule has 5 rings (SSSR count). The van der Waals surface area contributed by atoms with Gasteiger partial charge in [0.25, 0.3) is 0 Å². The number of thiophene rings is 1. The highest BCUT2D eigenvalue weighted by molar-refractivity contribution is 7.19. The molecular formula is C17H16N5S+. The first-order chi connectivity index (χ1) is 11.4. The van der Waals surface area contributed by atoms with Crippen molar-refractivity contribution < 1.29 is 4.90 Å². The maximum absolute atomic E-state index is 4.57. The number of fused-ring (bicyclic) bond motifs is 5. The van der Waals surface area contributed by atoms with Crippen LogP contribution in [0.15, 0.2) is 43.0 Å². The average molecular weight is 322 g/mol. The number of benzene rings is 1.